The molecule has 2 amide bonds. The molecule has 3 rings (SSSR count). The van der Waals surface area contributed by atoms with E-state index < -0.39 is 21.8 Å². The molecule has 12 heteroatoms. The summed E-state index contributed by atoms with van der Waals surface area (Å²) in [6, 6.07) is 18.0. The third kappa shape index (κ3) is 6.96. The second kappa shape index (κ2) is 10.6. The van der Waals surface area contributed by atoms with E-state index in [2.05, 4.69) is 20.9 Å². The van der Waals surface area contributed by atoms with Crippen LogP contribution in [0, 0.1) is 0 Å². The van der Waals surface area contributed by atoms with Gasteiger partial charge in [-0.3, -0.25) is 9.59 Å². The number of azo groups is 1. The molecule has 3 aromatic carbocycles. The molecule has 0 aliphatic heterocycles. The average molecular weight is 495 g/mol. The number of rotatable bonds is 7. The Labute approximate surface area is 201 Å². The molecule has 0 atom stereocenters. The first-order valence-electron chi connectivity index (χ1n) is 10.1. The number of benzene rings is 3. The molecule has 0 aliphatic carbocycles. The van der Waals surface area contributed by atoms with Crippen molar-refractivity contribution in [3.05, 3.63) is 89.8 Å². The molecule has 35 heavy (non-hydrogen) atoms. The number of sulfonamides is 1. The summed E-state index contributed by atoms with van der Waals surface area (Å²) in [6.45, 7) is 1.28. The zero-order chi connectivity index (χ0) is 25.6. The summed E-state index contributed by atoms with van der Waals surface area (Å²) in [5.74, 6) is -1.61. The third-order valence-corrected chi connectivity index (χ3v) is 5.41. The number of aliphatic hydroxyl groups is 1. The van der Waals surface area contributed by atoms with Crippen molar-refractivity contribution in [1.29, 1.82) is 0 Å². The highest BCUT2D eigenvalue weighted by atomic mass is 32.2. The van der Waals surface area contributed by atoms with Gasteiger partial charge >= 0.3 is 0 Å². The van der Waals surface area contributed by atoms with Crippen LogP contribution in [0.4, 0.5) is 22.7 Å². The van der Waals surface area contributed by atoms with E-state index in [0.717, 1.165) is 0 Å². The molecule has 0 saturated carbocycles. The maximum atomic E-state index is 12.6. The van der Waals surface area contributed by atoms with Gasteiger partial charge in [0.2, 0.25) is 10.0 Å². The number of allylic oxidation sites excluding steroid dienone is 1. The summed E-state index contributed by atoms with van der Waals surface area (Å²) < 4.78 is 23.0. The van der Waals surface area contributed by atoms with E-state index >= 15 is 0 Å². The molecule has 0 spiro atoms. The first kappa shape index (κ1) is 25.1. The topological polar surface area (TPSA) is 189 Å². The molecule has 0 fully saturated rings. The van der Waals surface area contributed by atoms with Gasteiger partial charge in [0.05, 0.1) is 10.6 Å². The van der Waals surface area contributed by atoms with Crippen molar-refractivity contribution in [2.75, 3.05) is 16.4 Å². The summed E-state index contributed by atoms with van der Waals surface area (Å²) in [5, 5.41) is 27.9. The lowest BCUT2D eigenvalue weighted by molar-refractivity contribution is -0.113. The first-order chi connectivity index (χ1) is 16.5. The van der Waals surface area contributed by atoms with Crippen LogP contribution in [-0.4, -0.2) is 25.3 Å². The van der Waals surface area contributed by atoms with E-state index in [4.69, 9.17) is 10.9 Å². The number of nitrogen functional groups attached to an aromatic ring is 1. The van der Waals surface area contributed by atoms with E-state index in [1.165, 1.54) is 43.3 Å². The van der Waals surface area contributed by atoms with Crippen molar-refractivity contribution >= 4 is 44.6 Å². The minimum atomic E-state index is -3.93. The number of aliphatic hydroxyl groups excluding tert-OH is 1. The molecule has 0 aliphatic rings. The molecule has 0 heterocycles. The van der Waals surface area contributed by atoms with Crippen LogP contribution in [-0.2, 0) is 14.8 Å². The summed E-state index contributed by atoms with van der Waals surface area (Å²) in [7, 11) is -3.93. The van der Waals surface area contributed by atoms with E-state index in [-0.39, 0.29) is 33.3 Å². The first-order valence-corrected chi connectivity index (χ1v) is 11.6. The Balaban J connectivity index is 1.76. The number of carbonyl (C=O) groups is 2. The van der Waals surface area contributed by atoms with Gasteiger partial charge in [-0.15, -0.1) is 5.11 Å². The zero-order valence-corrected chi connectivity index (χ0v) is 19.3. The molecule has 0 unspecified atom stereocenters. The van der Waals surface area contributed by atoms with Crippen molar-refractivity contribution in [1.82, 2.24) is 0 Å². The van der Waals surface area contributed by atoms with Crippen LogP contribution in [0.2, 0.25) is 0 Å². The lowest BCUT2D eigenvalue weighted by Crippen LogP contribution is -2.15. The molecule has 0 aromatic heterocycles. The number of anilines is 3. The summed E-state index contributed by atoms with van der Waals surface area (Å²) >= 11 is 0. The van der Waals surface area contributed by atoms with Crippen LogP contribution in [0.5, 0.6) is 0 Å². The Morgan fingerprint density at radius 1 is 0.914 bits per heavy atom. The van der Waals surface area contributed by atoms with Gasteiger partial charge in [-0.05, 0) is 61.5 Å². The monoisotopic (exact) mass is 494 g/mol. The quantitative estimate of drug-likeness (QED) is 0.144. The van der Waals surface area contributed by atoms with Gasteiger partial charge in [-0.2, -0.15) is 5.11 Å². The van der Waals surface area contributed by atoms with Crippen molar-refractivity contribution in [2.24, 2.45) is 15.4 Å². The SMILES string of the molecule is CC(O)=C(N=Nc1cccc(C(=O)Nc2cccc(S(N)(=O)=O)c2)c1)C(=O)Nc1cccc(N)c1. The zero-order valence-electron chi connectivity index (χ0n) is 18.5. The van der Waals surface area contributed by atoms with Crippen molar-refractivity contribution < 1.29 is 23.1 Å². The summed E-state index contributed by atoms with van der Waals surface area (Å²) in [5.41, 5.74) is 6.88. The van der Waals surface area contributed by atoms with Crippen LogP contribution in [0.25, 0.3) is 0 Å². The Hall–Kier alpha value is -4.55. The highest BCUT2D eigenvalue weighted by molar-refractivity contribution is 7.89. The number of amides is 2. The molecule has 0 radical (unpaired) electrons. The highest BCUT2D eigenvalue weighted by Gasteiger charge is 2.14. The molecule has 0 saturated heterocycles. The van der Waals surface area contributed by atoms with Gasteiger partial charge in [0.25, 0.3) is 11.8 Å². The maximum Gasteiger partial charge on any atom is 0.279 e. The van der Waals surface area contributed by atoms with Crippen molar-refractivity contribution in [2.45, 2.75) is 11.8 Å². The lowest BCUT2D eigenvalue weighted by Gasteiger charge is -2.08. The Morgan fingerprint density at radius 2 is 1.57 bits per heavy atom. The number of hydrogen-bond donors (Lipinski definition) is 5. The number of carbonyl (C=O) groups excluding carboxylic acids is 2. The second-order valence-corrected chi connectivity index (χ2v) is 8.85. The molecule has 3 aromatic rings. The van der Waals surface area contributed by atoms with Crippen LogP contribution in [0.1, 0.15) is 17.3 Å². The van der Waals surface area contributed by atoms with Gasteiger partial charge < -0.3 is 21.5 Å². The van der Waals surface area contributed by atoms with Crippen LogP contribution >= 0.6 is 0 Å². The Morgan fingerprint density at radius 3 is 2.23 bits per heavy atom. The second-order valence-electron chi connectivity index (χ2n) is 7.29. The molecular formula is C23H22N6O5S. The summed E-state index contributed by atoms with van der Waals surface area (Å²) in [4.78, 5) is 25.0. The van der Waals surface area contributed by atoms with Gasteiger partial charge in [0.1, 0.15) is 5.76 Å². The number of nitrogens with zero attached hydrogens (tertiary/aromatic N) is 2. The minimum Gasteiger partial charge on any atom is -0.510 e. The fourth-order valence-corrected chi connectivity index (χ4v) is 3.42. The Kier molecular flexibility index (Phi) is 7.59. The summed E-state index contributed by atoms with van der Waals surface area (Å²) in [6.07, 6.45) is 0. The van der Waals surface area contributed by atoms with Crippen LogP contribution in [0.3, 0.4) is 0 Å². The predicted octanol–water partition coefficient (Wildman–Crippen LogP) is 3.68. The van der Waals surface area contributed by atoms with E-state index in [1.54, 1.807) is 36.4 Å². The number of primary sulfonamides is 1. The normalized spacial score (nSPS) is 12.2. The smallest absolute Gasteiger partial charge is 0.279 e. The highest BCUT2D eigenvalue weighted by Crippen LogP contribution is 2.20. The van der Waals surface area contributed by atoms with E-state index in [0.29, 0.717) is 11.4 Å². The molecule has 180 valence electrons. The Bertz CT molecular complexity index is 1450. The fourth-order valence-electron chi connectivity index (χ4n) is 2.86. The standard InChI is InChI=1S/C23H22N6O5S/c1-14(30)21(23(32)27-17-7-3-6-16(24)12-17)29-28-19-9-2-5-15(11-19)22(31)26-18-8-4-10-20(13-18)35(25,33)34/h2-13,30H,24H2,1H3,(H,26,31)(H,27,32)(H2,25,33,34). The fraction of sp³-hybridized carbons (Fsp3) is 0.0435. The van der Waals surface area contributed by atoms with Gasteiger partial charge in [0, 0.05) is 22.6 Å². The average Bonchev–Trinajstić information content (AvgIpc) is 2.79. The van der Waals surface area contributed by atoms with E-state index in [1.807, 2.05) is 0 Å². The largest absolute Gasteiger partial charge is 0.510 e. The molecule has 0 bridgehead atoms. The third-order valence-electron chi connectivity index (χ3n) is 4.50. The molecule has 11 nitrogen and oxygen atoms in total. The maximum absolute atomic E-state index is 12.6. The van der Waals surface area contributed by atoms with Gasteiger partial charge in [-0.25, -0.2) is 13.6 Å². The number of nitrogens with one attached hydrogen (secondary N) is 2. The predicted molar refractivity (Wildman–Crippen MR) is 132 cm³/mol. The van der Waals surface area contributed by atoms with Crippen molar-refractivity contribution in [3.8, 4) is 0 Å². The van der Waals surface area contributed by atoms with Crippen LogP contribution < -0.4 is 21.5 Å². The van der Waals surface area contributed by atoms with Crippen molar-refractivity contribution in [3.63, 3.8) is 0 Å². The minimum absolute atomic E-state index is 0.145. The number of nitrogens with two attached hydrogens (primary N) is 2. The van der Waals surface area contributed by atoms with Gasteiger partial charge in [0.15, 0.2) is 5.70 Å². The van der Waals surface area contributed by atoms with Crippen LogP contribution in [0.15, 0.2) is 99.4 Å². The number of hydrogen-bond acceptors (Lipinski definition) is 8. The lowest BCUT2D eigenvalue weighted by atomic mass is 10.2. The van der Waals surface area contributed by atoms with E-state index in [9.17, 15) is 23.1 Å². The molecule has 7 N–H and O–H groups in total. The molecular weight excluding hydrogens is 472 g/mol. The van der Waals surface area contributed by atoms with Gasteiger partial charge in [-0.1, -0.05) is 18.2 Å².